The molecule has 1 aromatic carbocycles. The van der Waals surface area contributed by atoms with Gasteiger partial charge in [0.2, 0.25) is 11.8 Å². The zero-order chi connectivity index (χ0) is 25.4. The number of anilines is 1. The van der Waals surface area contributed by atoms with Crippen LogP contribution in [0.15, 0.2) is 41.7 Å². The first kappa shape index (κ1) is 24.0. The molecule has 4 aromatic rings. The van der Waals surface area contributed by atoms with Crippen LogP contribution in [-0.4, -0.2) is 43.1 Å². The minimum atomic E-state index is -0.898. The van der Waals surface area contributed by atoms with Crippen LogP contribution < -0.4 is 21.3 Å². The summed E-state index contributed by atoms with van der Waals surface area (Å²) >= 11 is 12.2. The molecule has 0 spiro atoms. The Hall–Kier alpha value is -4.09. The van der Waals surface area contributed by atoms with Gasteiger partial charge in [0.05, 0.1) is 46.3 Å². The summed E-state index contributed by atoms with van der Waals surface area (Å²) in [5.74, 6) is -1.57. The number of nitrogens with zero attached hydrogens (tertiary/aromatic N) is 4. The van der Waals surface area contributed by atoms with Crippen molar-refractivity contribution in [1.29, 1.82) is 0 Å². The lowest BCUT2D eigenvalue weighted by atomic mass is 10.0. The maximum Gasteiger partial charge on any atom is 0.263 e. The van der Waals surface area contributed by atoms with Crippen molar-refractivity contribution in [3.05, 3.63) is 62.9 Å². The molecule has 0 radical (unpaired) electrons. The third-order valence-electron chi connectivity index (χ3n) is 5.20. The van der Waals surface area contributed by atoms with Crippen LogP contribution in [0, 0.1) is 0 Å². The highest BCUT2D eigenvalue weighted by molar-refractivity contribution is 6.33. The van der Waals surface area contributed by atoms with E-state index in [0.717, 1.165) is 0 Å². The summed E-state index contributed by atoms with van der Waals surface area (Å²) in [7, 11) is 2.96. The largest absolute Gasteiger partial charge is 0.506 e. The molecule has 180 valence electrons. The summed E-state index contributed by atoms with van der Waals surface area (Å²) in [6.07, 6.45) is 4.20. The van der Waals surface area contributed by atoms with Crippen LogP contribution in [0.1, 0.15) is 10.4 Å². The van der Waals surface area contributed by atoms with Crippen LogP contribution in [-0.2, 0) is 18.4 Å². The second-order valence-electron chi connectivity index (χ2n) is 7.50. The average Bonchev–Trinajstić information content (AvgIpc) is 3.17. The zero-order valence-corrected chi connectivity index (χ0v) is 19.9. The number of aromatic nitrogens is 4. The minimum absolute atomic E-state index is 0.128. The lowest BCUT2D eigenvalue weighted by Gasteiger charge is -2.09. The lowest BCUT2D eigenvalue weighted by molar-refractivity contribution is -0.116. The van der Waals surface area contributed by atoms with Gasteiger partial charge in [0.1, 0.15) is 17.9 Å². The van der Waals surface area contributed by atoms with Gasteiger partial charge >= 0.3 is 0 Å². The number of hydrogen-bond donors (Lipinski definition) is 3. The third-order valence-corrected chi connectivity index (χ3v) is 5.79. The van der Waals surface area contributed by atoms with E-state index in [0.29, 0.717) is 16.8 Å². The molecule has 0 unspecified atom stereocenters. The molecule has 13 heteroatoms. The monoisotopic (exact) mass is 516 g/mol. The molecule has 2 amide bonds. The fourth-order valence-corrected chi connectivity index (χ4v) is 3.89. The average molecular weight is 517 g/mol. The number of methoxy groups -OCH3 is 1. The van der Waals surface area contributed by atoms with E-state index in [1.165, 1.54) is 60.2 Å². The van der Waals surface area contributed by atoms with E-state index in [2.05, 4.69) is 15.3 Å². The van der Waals surface area contributed by atoms with Crippen LogP contribution in [0.3, 0.4) is 0 Å². The van der Waals surface area contributed by atoms with Crippen LogP contribution in [0.4, 0.5) is 5.69 Å². The lowest BCUT2D eigenvalue weighted by Crippen LogP contribution is -2.20. The molecule has 0 aliphatic rings. The Morgan fingerprint density at radius 1 is 1.20 bits per heavy atom. The Kier molecular flexibility index (Phi) is 6.37. The van der Waals surface area contributed by atoms with Gasteiger partial charge in [-0.1, -0.05) is 23.2 Å². The smallest absolute Gasteiger partial charge is 0.263 e. The molecule has 35 heavy (non-hydrogen) atoms. The van der Waals surface area contributed by atoms with Crippen LogP contribution >= 0.6 is 23.2 Å². The summed E-state index contributed by atoms with van der Waals surface area (Å²) in [6.45, 7) is -0.230. The number of carbonyl (C=O) groups excluding carboxylic acids is 2. The number of primary amides is 1. The molecule has 4 rings (SSSR count). The van der Waals surface area contributed by atoms with Gasteiger partial charge in [0.25, 0.3) is 11.5 Å². The summed E-state index contributed by atoms with van der Waals surface area (Å²) in [5, 5.41) is 13.0. The Bertz CT molecular complexity index is 1560. The SMILES string of the molecule is COc1cc(NC(=O)Cn2cc(-c3cc(Cl)c(O)c(C(N)=O)c3)c3c(=O)n(C)cnc32)c(Cl)cn1. The third kappa shape index (κ3) is 4.51. The van der Waals surface area contributed by atoms with E-state index in [1.807, 2.05) is 0 Å². The van der Waals surface area contributed by atoms with Gasteiger partial charge in [0.15, 0.2) is 0 Å². The van der Waals surface area contributed by atoms with Crippen molar-refractivity contribution in [2.45, 2.75) is 6.54 Å². The standard InChI is InChI=1S/C22H18Cl2N6O5/c1-29-9-27-21-18(22(29)34)12(10-3-11(20(25)33)19(32)13(23)4-10)7-30(21)8-16(31)28-15-5-17(35-2)26-6-14(15)24/h3-7,9,32H,8H2,1-2H3,(H2,25,33)(H,26,28,31). The summed E-state index contributed by atoms with van der Waals surface area (Å²) < 4.78 is 7.80. The maximum atomic E-state index is 13.0. The number of amides is 2. The van der Waals surface area contributed by atoms with Crippen molar-refractivity contribution >= 4 is 51.7 Å². The predicted octanol–water partition coefficient (Wildman–Crippen LogP) is 2.56. The normalized spacial score (nSPS) is 11.0. The van der Waals surface area contributed by atoms with Crippen molar-refractivity contribution in [3.8, 4) is 22.8 Å². The molecule has 0 aliphatic heterocycles. The highest BCUT2D eigenvalue weighted by Crippen LogP contribution is 2.36. The van der Waals surface area contributed by atoms with Gasteiger partial charge in [-0.15, -0.1) is 0 Å². The second kappa shape index (κ2) is 9.28. The summed E-state index contributed by atoms with van der Waals surface area (Å²) in [4.78, 5) is 45.9. The molecule has 3 heterocycles. The molecule has 4 N–H and O–H groups in total. The van der Waals surface area contributed by atoms with E-state index in [9.17, 15) is 19.5 Å². The molecule has 0 saturated heterocycles. The van der Waals surface area contributed by atoms with Gasteiger partial charge in [-0.25, -0.2) is 9.97 Å². The topological polar surface area (TPSA) is 154 Å². The van der Waals surface area contributed by atoms with Crippen LogP contribution in [0.25, 0.3) is 22.2 Å². The summed E-state index contributed by atoms with van der Waals surface area (Å²) in [6, 6.07) is 4.17. The Morgan fingerprint density at radius 3 is 2.63 bits per heavy atom. The molecule has 0 bridgehead atoms. The molecule has 3 aromatic heterocycles. The van der Waals surface area contributed by atoms with E-state index >= 15 is 0 Å². The number of halogens is 2. The Morgan fingerprint density at radius 2 is 1.94 bits per heavy atom. The van der Waals surface area contributed by atoms with E-state index in [1.54, 1.807) is 0 Å². The van der Waals surface area contributed by atoms with Crippen molar-refractivity contribution in [3.63, 3.8) is 0 Å². The number of rotatable bonds is 6. The number of benzene rings is 1. The fourth-order valence-electron chi connectivity index (χ4n) is 3.52. The number of carbonyl (C=O) groups is 2. The van der Waals surface area contributed by atoms with Crippen molar-refractivity contribution in [1.82, 2.24) is 19.1 Å². The van der Waals surface area contributed by atoms with E-state index < -0.39 is 23.1 Å². The van der Waals surface area contributed by atoms with Crippen LogP contribution in [0.5, 0.6) is 11.6 Å². The number of ether oxygens (including phenoxy) is 1. The van der Waals surface area contributed by atoms with Crippen molar-refractivity contribution in [2.24, 2.45) is 12.8 Å². The first-order chi connectivity index (χ1) is 16.6. The van der Waals surface area contributed by atoms with Gasteiger partial charge in [-0.2, -0.15) is 0 Å². The van der Waals surface area contributed by atoms with E-state index in [-0.39, 0.29) is 39.1 Å². The number of aromatic hydroxyl groups is 1. The number of phenols is 1. The van der Waals surface area contributed by atoms with Crippen molar-refractivity contribution in [2.75, 3.05) is 12.4 Å². The van der Waals surface area contributed by atoms with Crippen molar-refractivity contribution < 1.29 is 19.4 Å². The van der Waals surface area contributed by atoms with Gasteiger partial charge in [-0.3, -0.25) is 14.4 Å². The predicted molar refractivity (Wildman–Crippen MR) is 130 cm³/mol. The maximum absolute atomic E-state index is 13.0. The molecule has 11 nitrogen and oxygen atoms in total. The molecular weight excluding hydrogens is 499 g/mol. The van der Waals surface area contributed by atoms with Gasteiger partial charge in [0, 0.05) is 24.9 Å². The number of pyridine rings is 1. The summed E-state index contributed by atoms with van der Waals surface area (Å²) in [5.41, 5.74) is 5.94. The molecule has 0 atom stereocenters. The Labute approximate surface area is 207 Å². The van der Waals surface area contributed by atoms with Gasteiger partial charge < -0.3 is 30.0 Å². The molecule has 0 fully saturated rings. The van der Waals surface area contributed by atoms with Gasteiger partial charge in [-0.05, 0) is 17.7 Å². The number of hydrogen-bond acceptors (Lipinski definition) is 7. The molecular formula is C22H18Cl2N6O5. The molecule has 0 aliphatic carbocycles. The number of fused-ring (bicyclic) bond motifs is 1. The fraction of sp³-hybridized carbons (Fsp3) is 0.136. The first-order valence-electron chi connectivity index (χ1n) is 9.97. The number of nitrogens with one attached hydrogen (secondary N) is 1. The minimum Gasteiger partial charge on any atom is -0.506 e. The number of nitrogens with two attached hydrogens (primary N) is 1. The highest BCUT2D eigenvalue weighted by atomic mass is 35.5. The van der Waals surface area contributed by atoms with Crippen LogP contribution in [0.2, 0.25) is 10.0 Å². The Balaban J connectivity index is 1.80. The number of aryl methyl sites for hydroxylation is 1. The zero-order valence-electron chi connectivity index (χ0n) is 18.4. The first-order valence-corrected chi connectivity index (χ1v) is 10.7. The second-order valence-corrected chi connectivity index (χ2v) is 8.32. The molecule has 0 saturated carbocycles. The quantitative estimate of drug-likeness (QED) is 0.355. The van der Waals surface area contributed by atoms with E-state index in [4.69, 9.17) is 33.7 Å². The highest BCUT2D eigenvalue weighted by Gasteiger charge is 2.21.